The van der Waals surface area contributed by atoms with Crippen molar-refractivity contribution in [2.24, 2.45) is 5.92 Å². The molecule has 0 saturated carbocycles. The van der Waals surface area contributed by atoms with Crippen molar-refractivity contribution in [3.8, 4) is 11.8 Å². The highest BCUT2D eigenvalue weighted by atomic mass is 32.1. The molecule has 1 saturated heterocycles. The summed E-state index contributed by atoms with van der Waals surface area (Å²) in [5.74, 6) is 6.44. The fraction of sp³-hybridized carbons (Fsp3) is 0.429. The molecule has 1 fully saturated rings. The second-order valence-electron chi connectivity index (χ2n) is 6.83. The fourth-order valence-corrected chi connectivity index (χ4v) is 4.38. The van der Waals surface area contributed by atoms with Crippen molar-refractivity contribution in [3.05, 3.63) is 57.8 Å². The van der Waals surface area contributed by atoms with Crippen LogP contribution in [0.5, 0.6) is 0 Å². The van der Waals surface area contributed by atoms with Gasteiger partial charge >= 0.3 is 0 Å². The minimum Gasteiger partial charge on any atom is -0.384 e. The zero-order valence-corrected chi connectivity index (χ0v) is 15.6. The van der Waals surface area contributed by atoms with Crippen molar-refractivity contribution >= 4 is 11.3 Å². The van der Waals surface area contributed by atoms with Crippen molar-refractivity contribution in [1.29, 1.82) is 0 Å². The average molecular weight is 355 g/mol. The number of benzene rings is 1. The summed E-state index contributed by atoms with van der Waals surface area (Å²) >= 11 is 1.75. The van der Waals surface area contributed by atoms with Crippen LogP contribution in [-0.2, 0) is 13.1 Å². The summed E-state index contributed by atoms with van der Waals surface area (Å²) in [7, 11) is 2.21. The Hall–Kier alpha value is -1.64. The van der Waals surface area contributed by atoms with E-state index in [0.717, 1.165) is 31.1 Å². The normalized spacial score (nSPS) is 17.6. The van der Waals surface area contributed by atoms with Crippen LogP contribution in [0.3, 0.4) is 0 Å². The lowest BCUT2D eigenvalue weighted by atomic mass is 10.1. The van der Waals surface area contributed by atoms with Crippen molar-refractivity contribution in [1.82, 2.24) is 9.80 Å². The molecule has 2 aromatic rings. The number of hydrogen-bond acceptors (Lipinski definition) is 4. The maximum absolute atomic E-state index is 8.77. The van der Waals surface area contributed by atoms with Crippen LogP contribution in [-0.4, -0.2) is 48.2 Å². The molecule has 1 aromatic heterocycles. The lowest BCUT2D eigenvalue weighted by molar-refractivity contribution is 0.256. The van der Waals surface area contributed by atoms with Crippen LogP contribution < -0.4 is 0 Å². The molecule has 0 amide bonds. The van der Waals surface area contributed by atoms with Gasteiger partial charge in [-0.1, -0.05) is 42.2 Å². The number of likely N-dealkylation sites (tertiary alicyclic amines) is 1. The van der Waals surface area contributed by atoms with Gasteiger partial charge in [-0.2, -0.15) is 0 Å². The number of hydrogen-bond donors (Lipinski definition) is 1. The molecule has 25 heavy (non-hydrogen) atoms. The number of rotatable bonds is 6. The number of nitrogens with zero attached hydrogens (tertiary/aromatic N) is 2. The Balaban J connectivity index is 1.44. The van der Waals surface area contributed by atoms with Gasteiger partial charge < -0.3 is 10.0 Å². The largest absolute Gasteiger partial charge is 0.384 e. The molecular formula is C21H26N2OS. The van der Waals surface area contributed by atoms with Gasteiger partial charge in [0.15, 0.2) is 0 Å². The molecule has 0 bridgehead atoms. The first-order chi connectivity index (χ1) is 12.2. The Labute approximate surface area is 154 Å². The monoisotopic (exact) mass is 354 g/mol. The predicted octanol–water partition coefficient (Wildman–Crippen LogP) is 3.05. The highest BCUT2D eigenvalue weighted by Gasteiger charge is 2.23. The van der Waals surface area contributed by atoms with Crippen LogP contribution in [0.1, 0.15) is 22.4 Å². The van der Waals surface area contributed by atoms with Crippen molar-refractivity contribution < 1.29 is 5.11 Å². The average Bonchev–Trinajstić information content (AvgIpc) is 3.23. The summed E-state index contributed by atoms with van der Waals surface area (Å²) < 4.78 is 0. The van der Waals surface area contributed by atoms with E-state index in [1.165, 1.54) is 30.0 Å². The summed E-state index contributed by atoms with van der Waals surface area (Å²) in [6, 6.07) is 12.9. The minimum atomic E-state index is -0.0771. The zero-order chi connectivity index (χ0) is 17.5. The van der Waals surface area contributed by atoms with E-state index in [4.69, 9.17) is 5.11 Å². The van der Waals surface area contributed by atoms with Crippen LogP contribution >= 0.6 is 11.3 Å². The third kappa shape index (κ3) is 5.69. The second-order valence-corrected chi connectivity index (χ2v) is 7.83. The maximum Gasteiger partial charge on any atom is 0.104 e. The van der Waals surface area contributed by atoms with Gasteiger partial charge in [0, 0.05) is 42.0 Å². The summed E-state index contributed by atoms with van der Waals surface area (Å²) in [5.41, 5.74) is 2.42. The highest BCUT2D eigenvalue weighted by molar-refractivity contribution is 7.10. The third-order valence-corrected chi connectivity index (χ3v) is 5.50. The smallest absolute Gasteiger partial charge is 0.104 e. The molecule has 1 N–H and O–H groups in total. The second kappa shape index (κ2) is 9.17. The molecule has 1 aliphatic heterocycles. The Bertz CT molecular complexity index is 716. The van der Waals surface area contributed by atoms with Crippen LogP contribution in [0.4, 0.5) is 0 Å². The Kier molecular flexibility index (Phi) is 6.66. The summed E-state index contributed by atoms with van der Waals surface area (Å²) in [4.78, 5) is 6.33. The van der Waals surface area contributed by atoms with E-state index in [9.17, 15) is 0 Å². The molecule has 1 unspecified atom stereocenters. The van der Waals surface area contributed by atoms with Crippen molar-refractivity contribution in [2.45, 2.75) is 19.5 Å². The molecule has 4 heteroatoms. The van der Waals surface area contributed by atoms with E-state index in [2.05, 4.69) is 70.5 Å². The molecular weight excluding hydrogens is 328 g/mol. The molecule has 0 aliphatic carbocycles. The Morgan fingerprint density at radius 1 is 1.32 bits per heavy atom. The van der Waals surface area contributed by atoms with Crippen LogP contribution in [0.2, 0.25) is 0 Å². The standard InChI is InChI=1S/C21H26N2OS/c1-22(16-21-12-19(17-25-21)8-5-11-24)13-20-9-10-23(15-20)14-18-6-3-2-4-7-18/h2-4,6-7,12,17,20,24H,9-11,13-16H2,1H3. The first kappa shape index (κ1) is 18.2. The van der Waals surface area contributed by atoms with Crippen LogP contribution in [0, 0.1) is 17.8 Å². The molecule has 3 nitrogen and oxygen atoms in total. The van der Waals surface area contributed by atoms with Crippen molar-refractivity contribution in [3.63, 3.8) is 0 Å². The number of aliphatic hydroxyl groups is 1. The molecule has 132 valence electrons. The highest BCUT2D eigenvalue weighted by Crippen LogP contribution is 2.21. The third-order valence-electron chi connectivity index (χ3n) is 4.58. The van der Waals surface area contributed by atoms with Crippen LogP contribution in [0.25, 0.3) is 0 Å². The van der Waals surface area contributed by atoms with Gasteiger partial charge in [-0.15, -0.1) is 11.3 Å². The Morgan fingerprint density at radius 2 is 2.16 bits per heavy atom. The van der Waals surface area contributed by atoms with E-state index >= 15 is 0 Å². The lowest BCUT2D eigenvalue weighted by Gasteiger charge is -2.21. The van der Waals surface area contributed by atoms with E-state index in [1.807, 2.05) is 0 Å². The van der Waals surface area contributed by atoms with Crippen molar-refractivity contribution in [2.75, 3.05) is 33.3 Å². The molecule has 1 aliphatic rings. The van der Waals surface area contributed by atoms with E-state index in [-0.39, 0.29) is 6.61 Å². The topological polar surface area (TPSA) is 26.7 Å². The molecule has 1 atom stereocenters. The zero-order valence-electron chi connectivity index (χ0n) is 14.8. The quantitative estimate of drug-likeness (QED) is 0.808. The molecule has 0 radical (unpaired) electrons. The van der Waals surface area contributed by atoms with Gasteiger partial charge in [-0.3, -0.25) is 4.90 Å². The fourth-order valence-electron chi connectivity index (χ4n) is 3.49. The summed E-state index contributed by atoms with van der Waals surface area (Å²) in [6.07, 6.45) is 1.29. The number of thiophene rings is 1. The van der Waals surface area contributed by atoms with Gasteiger partial charge in [-0.25, -0.2) is 0 Å². The Morgan fingerprint density at radius 3 is 2.96 bits per heavy atom. The molecule has 1 aromatic carbocycles. The first-order valence-corrected chi connectivity index (χ1v) is 9.73. The van der Waals surface area contributed by atoms with Gasteiger partial charge in [-0.05, 0) is 37.6 Å². The SMILES string of the molecule is CN(Cc1cc(C#CCO)cs1)CC1CCN(Cc2ccccc2)C1. The van der Waals surface area contributed by atoms with Gasteiger partial charge in [0.25, 0.3) is 0 Å². The van der Waals surface area contributed by atoms with E-state index < -0.39 is 0 Å². The van der Waals surface area contributed by atoms with Crippen LogP contribution in [0.15, 0.2) is 41.8 Å². The maximum atomic E-state index is 8.77. The molecule has 0 spiro atoms. The summed E-state index contributed by atoms with van der Waals surface area (Å²) in [6.45, 7) is 5.50. The first-order valence-electron chi connectivity index (χ1n) is 8.85. The molecule has 3 rings (SSSR count). The van der Waals surface area contributed by atoms with Gasteiger partial charge in [0.1, 0.15) is 6.61 Å². The molecule has 2 heterocycles. The minimum absolute atomic E-state index is 0.0771. The van der Waals surface area contributed by atoms with E-state index in [1.54, 1.807) is 11.3 Å². The van der Waals surface area contributed by atoms with Gasteiger partial charge in [0.2, 0.25) is 0 Å². The number of aliphatic hydroxyl groups excluding tert-OH is 1. The van der Waals surface area contributed by atoms with E-state index in [0.29, 0.717) is 0 Å². The van der Waals surface area contributed by atoms with Gasteiger partial charge in [0.05, 0.1) is 0 Å². The lowest BCUT2D eigenvalue weighted by Crippen LogP contribution is -2.27. The predicted molar refractivity (Wildman–Crippen MR) is 104 cm³/mol. The summed E-state index contributed by atoms with van der Waals surface area (Å²) in [5, 5.41) is 10.8.